The average molecular weight is 419 g/mol. The molecule has 1 aliphatic heterocycles. The molecule has 0 spiro atoms. The fraction of sp³-hybridized carbons (Fsp3) is 0.370. The fourth-order valence-electron chi connectivity index (χ4n) is 4.59. The summed E-state index contributed by atoms with van der Waals surface area (Å²) in [5.41, 5.74) is 4.84. The molecule has 0 saturated carbocycles. The highest BCUT2D eigenvalue weighted by atomic mass is 19.1. The van der Waals surface area contributed by atoms with Gasteiger partial charge in [0.05, 0.1) is 5.69 Å². The predicted molar refractivity (Wildman–Crippen MR) is 126 cm³/mol. The van der Waals surface area contributed by atoms with E-state index in [4.69, 9.17) is 0 Å². The van der Waals surface area contributed by atoms with E-state index >= 15 is 0 Å². The van der Waals surface area contributed by atoms with Gasteiger partial charge in [0.1, 0.15) is 5.82 Å². The summed E-state index contributed by atoms with van der Waals surface area (Å²) < 4.78 is 13.2. The second kappa shape index (κ2) is 9.61. The van der Waals surface area contributed by atoms with Gasteiger partial charge in [-0.1, -0.05) is 44.0 Å². The molecule has 0 amide bonds. The highest BCUT2D eigenvalue weighted by molar-refractivity contribution is 6.02. The van der Waals surface area contributed by atoms with E-state index < -0.39 is 0 Å². The number of hydrogen-bond acceptors (Lipinski definition) is 2. The summed E-state index contributed by atoms with van der Waals surface area (Å²) in [7, 11) is 0. The Bertz CT molecular complexity index is 1080. The lowest BCUT2D eigenvalue weighted by molar-refractivity contribution is 0.0895. The smallest absolute Gasteiger partial charge is 0.186 e. The van der Waals surface area contributed by atoms with Crippen molar-refractivity contribution in [2.75, 3.05) is 19.6 Å². The second-order valence-electron chi connectivity index (χ2n) is 8.54. The molecule has 1 saturated heterocycles. The maximum absolute atomic E-state index is 13.4. The molecule has 0 unspecified atom stereocenters. The monoisotopic (exact) mass is 418 g/mol. The minimum Gasteiger partial charge on any atom is -0.352 e. The molecule has 2 aromatic carbocycles. The molecule has 1 fully saturated rings. The first kappa shape index (κ1) is 21.5. The molecule has 1 N–H and O–H groups in total. The summed E-state index contributed by atoms with van der Waals surface area (Å²) in [6, 6.07) is 14.5. The summed E-state index contributed by atoms with van der Waals surface area (Å²) in [5.74, 6) is -0.103. The Morgan fingerprint density at radius 3 is 2.65 bits per heavy atom. The van der Waals surface area contributed by atoms with E-state index in [9.17, 15) is 9.18 Å². The molecule has 162 valence electrons. The summed E-state index contributed by atoms with van der Waals surface area (Å²) in [6.45, 7) is 7.26. The number of carbonyl (C=O) groups excluding carboxylic acids is 1. The van der Waals surface area contributed by atoms with Crippen LogP contribution in [-0.2, 0) is 0 Å². The molecule has 0 bridgehead atoms. The number of unbranched alkanes of at least 4 members (excludes halogenated alkanes) is 2. The molecule has 3 aromatic rings. The van der Waals surface area contributed by atoms with Crippen molar-refractivity contribution in [3.8, 4) is 11.1 Å². The number of halogens is 1. The number of ketones is 1. The van der Waals surface area contributed by atoms with Crippen molar-refractivity contribution in [1.82, 2.24) is 9.88 Å². The summed E-state index contributed by atoms with van der Waals surface area (Å²) >= 11 is 0. The van der Waals surface area contributed by atoms with Crippen molar-refractivity contribution in [3.05, 3.63) is 71.7 Å². The number of hydrogen-bond donors (Lipinski definition) is 1. The highest BCUT2D eigenvalue weighted by Gasteiger charge is 2.30. The molecule has 0 radical (unpaired) electrons. The van der Waals surface area contributed by atoms with Crippen LogP contribution in [-0.4, -0.2) is 35.3 Å². The lowest BCUT2D eigenvalue weighted by atomic mass is 9.86. The van der Waals surface area contributed by atoms with Crippen LogP contribution in [0.3, 0.4) is 0 Å². The Balaban J connectivity index is 1.51. The number of aromatic amines is 1. The van der Waals surface area contributed by atoms with Crippen molar-refractivity contribution in [2.45, 2.75) is 39.5 Å². The van der Waals surface area contributed by atoms with E-state index in [1.54, 1.807) is 12.1 Å². The summed E-state index contributed by atoms with van der Waals surface area (Å²) in [4.78, 5) is 19.2. The lowest BCUT2D eigenvalue weighted by Crippen LogP contribution is -2.38. The van der Waals surface area contributed by atoms with Crippen LogP contribution in [0.2, 0.25) is 0 Å². The first-order chi connectivity index (χ1) is 15.1. The summed E-state index contributed by atoms with van der Waals surface area (Å²) in [5, 5.41) is 1.00. The largest absolute Gasteiger partial charge is 0.352 e. The van der Waals surface area contributed by atoms with Crippen LogP contribution in [0.25, 0.3) is 22.0 Å². The minimum atomic E-state index is -0.240. The SMILES string of the molecule is C/C=C1/CN(CCCCC)CC[C@H]1C(=O)c1cc2cc(-c3ccc(F)cc3)ccc2[nH]1. The number of H-pyrrole nitrogens is 1. The Morgan fingerprint density at radius 2 is 1.90 bits per heavy atom. The zero-order valence-electron chi connectivity index (χ0n) is 18.5. The van der Waals surface area contributed by atoms with Gasteiger partial charge in [0.25, 0.3) is 0 Å². The van der Waals surface area contributed by atoms with E-state index in [1.165, 1.54) is 37.0 Å². The molecule has 2 heterocycles. The van der Waals surface area contributed by atoms with Gasteiger partial charge in [0, 0.05) is 23.4 Å². The first-order valence-corrected chi connectivity index (χ1v) is 11.4. The highest BCUT2D eigenvalue weighted by Crippen LogP contribution is 2.30. The topological polar surface area (TPSA) is 36.1 Å². The third-order valence-corrected chi connectivity index (χ3v) is 6.42. The van der Waals surface area contributed by atoms with Crippen LogP contribution in [0.15, 0.2) is 60.2 Å². The molecular formula is C27H31FN2O. The van der Waals surface area contributed by atoms with E-state index in [2.05, 4.69) is 29.0 Å². The molecule has 1 atom stereocenters. The third kappa shape index (κ3) is 4.80. The number of fused-ring (bicyclic) bond motifs is 1. The number of aromatic nitrogens is 1. The Labute approximate surface area is 184 Å². The molecule has 1 aliphatic rings. The van der Waals surface area contributed by atoms with Gasteiger partial charge >= 0.3 is 0 Å². The zero-order valence-corrected chi connectivity index (χ0v) is 18.5. The van der Waals surface area contributed by atoms with Gasteiger partial charge in [-0.05, 0) is 79.9 Å². The average Bonchev–Trinajstić information content (AvgIpc) is 3.22. The molecular weight excluding hydrogens is 387 g/mol. The molecule has 1 aromatic heterocycles. The van der Waals surface area contributed by atoms with Gasteiger partial charge in [-0.3, -0.25) is 9.69 Å². The number of nitrogens with one attached hydrogen (secondary N) is 1. The van der Waals surface area contributed by atoms with Crippen molar-refractivity contribution >= 4 is 16.7 Å². The van der Waals surface area contributed by atoms with Crippen LogP contribution in [0.4, 0.5) is 4.39 Å². The van der Waals surface area contributed by atoms with Gasteiger partial charge < -0.3 is 4.98 Å². The van der Waals surface area contributed by atoms with E-state index in [1.807, 2.05) is 25.1 Å². The van der Waals surface area contributed by atoms with Crippen LogP contribution >= 0.6 is 0 Å². The number of allylic oxidation sites excluding steroid dienone is 1. The van der Waals surface area contributed by atoms with E-state index in [0.29, 0.717) is 5.69 Å². The number of piperidine rings is 1. The van der Waals surface area contributed by atoms with Crippen LogP contribution in [0.5, 0.6) is 0 Å². The van der Waals surface area contributed by atoms with Gasteiger partial charge in [0.2, 0.25) is 0 Å². The van der Waals surface area contributed by atoms with Crippen LogP contribution < -0.4 is 0 Å². The quantitative estimate of drug-likeness (QED) is 0.266. The molecule has 4 rings (SSSR count). The molecule has 4 heteroatoms. The maximum atomic E-state index is 13.4. The molecule has 0 aliphatic carbocycles. The van der Waals surface area contributed by atoms with Crippen molar-refractivity contribution in [3.63, 3.8) is 0 Å². The minimum absolute atomic E-state index is 0.0444. The maximum Gasteiger partial charge on any atom is 0.186 e. The number of Topliss-reactive ketones (excluding diaryl/α,β-unsaturated/α-hetero) is 1. The zero-order chi connectivity index (χ0) is 21.8. The van der Waals surface area contributed by atoms with Gasteiger partial charge in [0.15, 0.2) is 5.78 Å². The fourth-order valence-corrected chi connectivity index (χ4v) is 4.59. The normalized spacial score (nSPS) is 18.7. The van der Waals surface area contributed by atoms with Crippen LogP contribution in [0.1, 0.15) is 50.0 Å². The number of likely N-dealkylation sites (tertiary alicyclic amines) is 1. The van der Waals surface area contributed by atoms with Crippen molar-refractivity contribution in [1.29, 1.82) is 0 Å². The Kier molecular flexibility index (Phi) is 6.67. The van der Waals surface area contributed by atoms with Crippen molar-refractivity contribution in [2.24, 2.45) is 5.92 Å². The van der Waals surface area contributed by atoms with Crippen LogP contribution in [0, 0.1) is 11.7 Å². The standard InChI is InChI=1S/C27H31FN2O/c1-3-5-6-14-30-15-13-24(19(4-2)18-30)27(31)26-17-22-16-21(9-12-25(22)29-26)20-7-10-23(28)11-8-20/h4,7-12,16-17,24,29H,3,5-6,13-15,18H2,1-2H3/b19-4-/t24-/m1/s1. The lowest BCUT2D eigenvalue weighted by Gasteiger charge is -2.33. The van der Waals surface area contributed by atoms with Gasteiger partial charge in [-0.2, -0.15) is 0 Å². The number of rotatable bonds is 7. The Morgan fingerprint density at radius 1 is 1.13 bits per heavy atom. The van der Waals surface area contributed by atoms with Gasteiger partial charge in [-0.25, -0.2) is 4.39 Å². The van der Waals surface area contributed by atoms with Gasteiger partial charge in [-0.15, -0.1) is 0 Å². The predicted octanol–water partition coefficient (Wildman–Crippen LogP) is 6.62. The van der Waals surface area contributed by atoms with E-state index in [-0.39, 0.29) is 17.5 Å². The third-order valence-electron chi connectivity index (χ3n) is 6.42. The number of benzene rings is 2. The Hall–Kier alpha value is -2.72. The van der Waals surface area contributed by atoms with E-state index in [0.717, 1.165) is 48.1 Å². The molecule has 3 nitrogen and oxygen atoms in total. The number of carbonyl (C=O) groups is 1. The molecule has 31 heavy (non-hydrogen) atoms. The number of nitrogens with zero attached hydrogens (tertiary/aromatic N) is 1. The summed E-state index contributed by atoms with van der Waals surface area (Å²) in [6.07, 6.45) is 6.73. The first-order valence-electron chi connectivity index (χ1n) is 11.4. The van der Waals surface area contributed by atoms with Crippen molar-refractivity contribution < 1.29 is 9.18 Å². The second-order valence-corrected chi connectivity index (χ2v) is 8.54.